The van der Waals surface area contributed by atoms with E-state index < -0.39 is 0 Å². The Hall–Kier alpha value is -1.13. The molecule has 0 aromatic carbocycles. The topological polar surface area (TPSA) is 46.2 Å². The summed E-state index contributed by atoms with van der Waals surface area (Å²) < 4.78 is 5.83. The summed E-state index contributed by atoms with van der Waals surface area (Å²) in [5.41, 5.74) is 0. The molecule has 80 valence electrons. The molecule has 0 aliphatic carbocycles. The van der Waals surface area contributed by atoms with E-state index in [-0.39, 0.29) is 6.23 Å². The lowest BCUT2D eigenvalue weighted by molar-refractivity contribution is 0.133. The molecule has 0 saturated carbocycles. The molecular weight excluding hydrogens is 190 g/mol. The van der Waals surface area contributed by atoms with Crippen LogP contribution in [0.2, 0.25) is 0 Å². The molecule has 1 aromatic heterocycles. The third-order valence-corrected chi connectivity index (χ3v) is 3.25. The third kappa shape index (κ3) is 1.70. The molecule has 15 heavy (non-hydrogen) atoms. The summed E-state index contributed by atoms with van der Waals surface area (Å²) in [6.07, 6.45) is 1.88. The predicted octanol–water partition coefficient (Wildman–Crippen LogP) is 0.225. The van der Waals surface area contributed by atoms with Gasteiger partial charge in [-0.2, -0.15) is 0 Å². The van der Waals surface area contributed by atoms with Gasteiger partial charge in [0.2, 0.25) is 5.88 Å². The van der Waals surface area contributed by atoms with E-state index in [9.17, 15) is 0 Å². The Bertz CT molecular complexity index is 330. The van der Waals surface area contributed by atoms with Crippen molar-refractivity contribution in [2.24, 2.45) is 11.8 Å². The van der Waals surface area contributed by atoms with Gasteiger partial charge in [0.25, 0.3) is 0 Å². The van der Waals surface area contributed by atoms with E-state index in [0.29, 0.717) is 11.8 Å². The molecular formula is C11H15N3O. The molecule has 4 nitrogen and oxygen atoms in total. The van der Waals surface area contributed by atoms with Crippen LogP contribution in [0.25, 0.3) is 0 Å². The first-order valence-electron chi connectivity index (χ1n) is 5.45. The zero-order valence-corrected chi connectivity index (χ0v) is 8.52. The molecule has 3 unspecified atom stereocenters. The maximum absolute atomic E-state index is 5.83. The summed E-state index contributed by atoms with van der Waals surface area (Å²) in [6, 6.07) is 5.74. The van der Waals surface area contributed by atoms with Crippen LogP contribution in [-0.4, -0.2) is 30.8 Å². The first-order chi connectivity index (χ1) is 7.43. The minimum Gasteiger partial charge on any atom is -0.458 e. The molecule has 3 heterocycles. The minimum atomic E-state index is 0.125. The molecule has 0 radical (unpaired) electrons. The normalized spacial score (nSPS) is 34.0. The second-order valence-corrected chi connectivity index (χ2v) is 4.20. The van der Waals surface area contributed by atoms with Crippen LogP contribution in [0.5, 0.6) is 5.88 Å². The van der Waals surface area contributed by atoms with E-state index >= 15 is 0 Å². The lowest BCUT2D eigenvalue weighted by Crippen LogP contribution is -2.36. The van der Waals surface area contributed by atoms with Gasteiger partial charge >= 0.3 is 0 Å². The fraction of sp³-hybridized carbons (Fsp3) is 0.545. The zero-order chi connectivity index (χ0) is 10.1. The van der Waals surface area contributed by atoms with Gasteiger partial charge in [0.05, 0.1) is 0 Å². The highest BCUT2D eigenvalue weighted by Crippen LogP contribution is 2.26. The molecule has 0 bridgehead atoms. The molecule has 3 rings (SSSR count). The monoisotopic (exact) mass is 205 g/mol. The second-order valence-electron chi connectivity index (χ2n) is 4.20. The maximum atomic E-state index is 5.83. The van der Waals surface area contributed by atoms with Gasteiger partial charge in [-0.15, -0.1) is 0 Å². The molecule has 2 aliphatic heterocycles. The number of aromatic nitrogens is 1. The van der Waals surface area contributed by atoms with Crippen molar-refractivity contribution in [1.29, 1.82) is 0 Å². The number of nitrogens with zero attached hydrogens (tertiary/aromatic N) is 1. The van der Waals surface area contributed by atoms with Gasteiger partial charge in [-0.25, -0.2) is 4.98 Å². The van der Waals surface area contributed by atoms with Gasteiger partial charge in [0.1, 0.15) is 0 Å². The van der Waals surface area contributed by atoms with Crippen LogP contribution >= 0.6 is 0 Å². The van der Waals surface area contributed by atoms with Gasteiger partial charge in [-0.05, 0) is 18.5 Å². The number of ether oxygens (including phenoxy) is 1. The smallest absolute Gasteiger partial charge is 0.214 e. The van der Waals surface area contributed by atoms with E-state index in [1.54, 1.807) is 6.20 Å². The number of hydrogen-bond donors (Lipinski definition) is 2. The lowest BCUT2D eigenvalue weighted by atomic mass is 9.99. The number of fused-ring (bicyclic) bond motifs is 1. The van der Waals surface area contributed by atoms with E-state index in [4.69, 9.17) is 4.74 Å². The zero-order valence-electron chi connectivity index (χ0n) is 8.52. The molecule has 0 spiro atoms. The summed E-state index contributed by atoms with van der Waals surface area (Å²) in [7, 11) is 0. The Morgan fingerprint density at radius 3 is 3.13 bits per heavy atom. The van der Waals surface area contributed by atoms with Gasteiger partial charge in [0.15, 0.2) is 6.23 Å². The van der Waals surface area contributed by atoms with Crippen molar-refractivity contribution in [2.45, 2.75) is 6.23 Å². The molecule has 3 atom stereocenters. The van der Waals surface area contributed by atoms with Crippen molar-refractivity contribution in [3.8, 4) is 5.88 Å². The SMILES string of the molecule is c1ccc(OC2NCC3CNCC32)nc1. The fourth-order valence-electron chi connectivity index (χ4n) is 2.43. The Labute approximate surface area is 89.0 Å². The van der Waals surface area contributed by atoms with E-state index in [1.165, 1.54) is 0 Å². The number of pyridine rings is 1. The summed E-state index contributed by atoms with van der Waals surface area (Å²) in [6.45, 7) is 3.21. The Balaban J connectivity index is 1.69. The number of rotatable bonds is 2. The largest absolute Gasteiger partial charge is 0.458 e. The first kappa shape index (κ1) is 9.12. The second kappa shape index (κ2) is 3.79. The van der Waals surface area contributed by atoms with Crippen LogP contribution in [0.4, 0.5) is 0 Å². The molecule has 2 N–H and O–H groups in total. The predicted molar refractivity (Wildman–Crippen MR) is 56.5 cm³/mol. The Morgan fingerprint density at radius 1 is 1.27 bits per heavy atom. The van der Waals surface area contributed by atoms with E-state index in [0.717, 1.165) is 25.6 Å². The lowest BCUT2D eigenvalue weighted by Gasteiger charge is -2.18. The summed E-state index contributed by atoms with van der Waals surface area (Å²) in [4.78, 5) is 4.17. The van der Waals surface area contributed by atoms with E-state index in [2.05, 4.69) is 15.6 Å². The Kier molecular flexibility index (Phi) is 2.31. The van der Waals surface area contributed by atoms with Crippen molar-refractivity contribution < 1.29 is 4.74 Å². The summed E-state index contributed by atoms with van der Waals surface area (Å²) in [5.74, 6) is 2.02. The van der Waals surface area contributed by atoms with Crippen LogP contribution in [0.15, 0.2) is 24.4 Å². The quantitative estimate of drug-likeness (QED) is 0.725. The van der Waals surface area contributed by atoms with Gasteiger partial charge in [-0.1, -0.05) is 6.07 Å². The van der Waals surface area contributed by atoms with Gasteiger partial charge < -0.3 is 10.1 Å². The summed E-state index contributed by atoms with van der Waals surface area (Å²) in [5, 5.41) is 6.80. The number of hydrogen-bond acceptors (Lipinski definition) is 4. The van der Waals surface area contributed by atoms with Crippen LogP contribution in [0.3, 0.4) is 0 Å². The molecule has 2 saturated heterocycles. The van der Waals surface area contributed by atoms with Gasteiger partial charge in [0, 0.05) is 31.3 Å². The average molecular weight is 205 g/mol. The van der Waals surface area contributed by atoms with Crippen LogP contribution in [0, 0.1) is 11.8 Å². The number of nitrogens with one attached hydrogen (secondary N) is 2. The molecule has 2 aliphatic rings. The van der Waals surface area contributed by atoms with Crippen molar-refractivity contribution in [2.75, 3.05) is 19.6 Å². The summed E-state index contributed by atoms with van der Waals surface area (Å²) >= 11 is 0. The van der Waals surface area contributed by atoms with Crippen LogP contribution in [-0.2, 0) is 0 Å². The molecule has 1 aromatic rings. The highest BCUT2D eigenvalue weighted by atomic mass is 16.5. The van der Waals surface area contributed by atoms with Gasteiger partial charge in [-0.3, -0.25) is 5.32 Å². The van der Waals surface area contributed by atoms with Crippen molar-refractivity contribution in [3.63, 3.8) is 0 Å². The highest BCUT2D eigenvalue weighted by molar-refractivity contribution is 5.10. The minimum absolute atomic E-state index is 0.125. The molecule has 0 amide bonds. The van der Waals surface area contributed by atoms with Crippen LogP contribution < -0.4 is 15.4 Å². The molecule has 2 fully saturated rings. The van der Waals surface area contributed by atoms with Crippen molar-refractivity contribution in [1.82, 2.24) is 15.6 Å². The van der Waals surface area contributed by atoms with Crippen LogP contribution in [0.1, 0.15) is 0 Å². The fourth-order valence-corrected chi connectivity index (χ4v) is 2.43. The maximum Gasteiger partial charge on any atom is 0.214 e. The standard InChI is InChI=1S/C11H15N3O/c1-2-4-13-10(3-1)15-11-9-7-12-5-8(9)6-14-11/h1-4,8-9,11-12,14H,5-7H2. The molecule has 4 heteroatoms. The van der Waals surface area contributed by atoms with Crippen molar-refractivity contribution >= 4 is 0 Å². The third-order valence-electron chi connectivity index (χ3n) is 3.25. The van der Waals surface area contributed by atoms with Crippen molar-refractivity contribution in [3.05, 3.63) is 24.4 Å². The first-order valence-corrected chi connectivity index (χ1v) is 5.45. The highest BCUT2D eigenvalue weighted by Gasteiger charge is 2.40. The van der Waals surface area contributed by atoms with E-state index in [1.807, 2.05) is 18.2 Å². The Morgan fingerprint density at radius 2 is 2.27 bits per heavy atom. The average Bonchev–Trinajstić information content (AvgIpc) is 2.85.